The molecule has 0 aliphatic rings. The number of aromatic carboxylic acids is 1. The van der Waals surface area contributed by atoms with E-state index in [-0.39, 0.29) is 10.6 Å². The van der Waals surface area contributed by atoms with Crippen molar-refractivity contribution in [1.82, 2.24) is 0 Å². The van der Waals surface area contributed by atoms with Gasteiger partial charge in [-0.15, -0.1) is 0 Å². The van der Waals surface area contributed by atoms with Gasteiger partial charge < -0.3 is 9.53 Å². The SMILES string of the molecule is CC(C)(C)[Si](C)(C)Oc1ccc([N+](=O)[O-])c(C(=O)O)c1. The van der Waals surface area contributed by atoms with Gasteiger partial charge in [-0.25, -0.2) is 4.79 Å². The predicted molar refractivity (Wildman–Crippen MR) is 77.9 cm³/mol. The van der Waals surface area contributed by atoms with Crippen LogP contribution in [0.25, 0.3) is 0 Å². The Bertz CT molecular complexity index is 548. The summed E-state index contributed by atoms with van der Waals surface area (Å²) in [6.45, 7) is 10.2. The highest BCUT2D eigenvalue weighted by molar-refractivity contribution is 6.74. The van der Waals surface area contributed by atoms with E-state index in [0.717, 1.165) is 0 Å². The lowest BCUT2D eigenvalue weighted by atomic mass is 10.2. The van der Waals surface area contributed by atoms with Crippen LogP contribution in [0.2, 0.25) is 18.1 Å². The molecule has 0 fully saturated rings. The Balaban J connectivity index is 3.20. The summed E-state index contributed by atoms with van der Waals surface area (Å²) in [7, 11) is -2.11. The van der Waals surface area contributed by atoms with E-state index in [0.29, 0.717) is 5.75 Å². The van der Waals surface area contributed by atoms with E-state index in [2.05, 4.69) is 20.8 Å². The van der Waals surface area contributed by atoms with Gasteiger partial charge in [-0.1, -0.05) is 20.8 Å². The number of benzene rings is 1. The molecule has 0 atom stereocenters. The Hall–Kier alpha value is -1.89. The number of carbonyl (C=O) groups is 1. The van der Waals surface area contributed by atoms with Crippen molar-refractivity contribution in [2.45, 2.75) is 38.9 Å². The fraction of sp³-hybridized carbons (Fsp3) is 0.462. The smallest absolute Gasteiger partial charge is 0.342 e. The molecule has 0 saturated carbocycles. The van der Waals surface area contributed by atoms with Gasteiger partial charge in [0.25, 0.3) is 5.69 Å². The molecule has 0 radical (unpaired) electrons. The minimum atomic E-state index is -2.11. The first-order chi connectivity index (χ1) is 8.95. The van der Waals surface area contributed by atoms with Crippen LogP contribution in [0.1, 0.15) is 31.1 Å². The number of rotatable bonds is 4. The third kappa shape index (κ3) is 3.35. The molecule has 6 nitrogen and oxygen atoms in total. The lowest BCUT2D eigenvalue weighted by Crippen LogP contribution is -2.43. The third-order valence-corrected chi connectivity index (χ3v) is 7.93. The number of hydrogen-bond donors (Lipinski definition) is 1. The van der Waals surface area contributed by atoms with E-state index in [4.69, 9.17) is 9.53 Å². The maximum atomic E-state index is 11.1. The van der Waals surface area contributed by atoms with Gasteiger partial charge in [0.05, 0.1) is 4.92 Å². The molecule has 0 aromatic heterocycles. The molecule has 0 spiro atoms. The molecular formula is C13H19NO5Si. The van der Waals surface area contributed by atoms with Gasteiger partial charge in [0.1, 0.15) is 11.3 Å². The van der Waals surface area contributed by atoms with Crippen LogP contribution >= 0.6 is 0 Å². The molecule has 110 valence electrons. The van der Waals surface area contributed by atoms with Gasteiger partial charge >= 0.3 is 5.97 Å². The zero-order valence-electron chi connectivity index (χ0n) is 12.3. The first-order valence-corrected chi connectivity index (χ1v) is 9.07. The van der Waals surface area contributed by atoms with Crippen molar-refractivity contribution in [1.29, 1.82) is 0 Å². The van der Waals surface area contributed by atoms with Crippen molar-refractivity contribution < 1.29 is 19.3 Å². The highest BCUT2D eigenvalue weighted by Crippen LogP contribution is 2.38. The molecule has 1 N–H and O–H groups in total. The quantitative estimate of drug-likeness (QED) is 0.520. The summed E-state index contributed by atoms with van der Waals surface area (Å²) in [5, 5.41) is 19.8. The Kier molecular flexibility index (Phi) is 4.23. The van der Waals surface area contributed by atoms with Crippen molar-refractivity contribution in [3.05, 3.63) is 33.9 Å². The number of carboxylic acids is 1. The molecule has 0 amide bonds. The van der Waals surface area contributed by atoms with E-state index < -0.39 is 24.9 Å². The molecular weight excluding hydrogens is 278 g/mol. The summed E-state index contributed by atoms with van der Waals surface area (Å²) in [6.07, 6.45) is 0. The monoisotopic (exact) mass is 297 g/mol. The fourth-order valence-electron chi connectivity index (χ4n) is 1.36. The van der Waals surface area contributed by atoms with Crippen LogP contribution in [0.5, 0.6) is 5.75 Å². The van der Waals surface area contributed by atoms with E-state index in [1.54, 1.807) is 0 Å². The van der Waals surface area contributed by atoms with Gasteiger partial charge in [0.15, 0.2) is 0 Å². The second-order valence-electron chi connectivity index (χ2n) is 6.10. The third-order valence-electron chi connectivity index (χ3n) is 3.57. The fourth-order valence-corrected chi connectivity index (χ4v) is 2.38. The molecule has 0 heterocycles. The van der Waals surface area contributed by atoms with Crippen LogP contribution in [-0.2, 0) is 0 Å². The first-order valence-electron chi connectivity index (χ1n) is 6.16. The lowest BCUT2D eigenvalue weighted by molar-refractivity contribution is -0.385. The highest BCUT2D eigenvalue weighted by Gasteiger charge is 2.39. The Labute approximate surface area is 118 Å². The molecule has 0 saturated heterocycles. The summed E-state index contributed by atoms with van der Waals surface area (Å²) < 4.78 is 5.94. The molecule has 0 aliphatic heterocycles. The number of nitrogens with zero attached hydrogens (tertiary/aromatic N) is 1. The molecule has 7 heteroatoms. The number of nitro groups is 1. The minimum Gasteiger partial charge on any atom is -0.543 e. The molecule has 0 bridgehead atoms. The van der Waals surface area contributed by atoms with Crippen LogP contribution < -0.4 is 4.43 Å². The summed E-state index contributed by atoms with van der Waals surface area (Å²) in [5.41, 5.74) is -0.786. The Morgan fingerprint density at radius 2 is 1.90 bits per heavy atom. The van der Waals surface area contributed by atoms with Crippen molar-refractivity contribution in [3.63, 3.8) is 0 Å². The summed E-state index contributed by atoms with van der Waals surface area (Å²) >= 11 is 0. The van der Waals surface area contributed by atoms with Crippen LogP contribution in [0.3, 0.4) is 0 Å². The number of nitro benzene ring substituents is 1. The topological polar surface area (TPSA) is 89.7 Å². The van der Waals surface area contributed by atoms with Crippen LogP contribution in [0.15, 0.2) is 18.2 Å². The zero-order valence-corrected chi connectivity index (χ0v) is 13.3. The standard InChI is InChI=1S/C13H19NO5Si/c1-13(2,3)20(4,5)19-9-6-7-11(14(17)18)10(8-9)12(15)16/h6-8H,1-5H3,(H,15,16). The molecule has 1 rings (SSSR count). The van der Waals surface area contributed by atoms with Crippen molar-refractivity contribution in [2.24, 2.45) is 0 Å². The molecule has 0 unspecified atom stereocenters. The van der Waals surface area contributed by atoms with Crippen LogP contribution in [0.4, 0.5) is 5.69 Å². The maximum absolute atomic E-state index is 11.1. The van der Waals surface area contributed by atoms with Crippen LogP contribution in [-0.4, -0.2) is 24.3 Å². The van der Waals surface area contributed by atoms with E-state index in [1.165, 1.54) is 18.2 Å². The highest BCUT2D eigenvalue weighted by atomic mass is 28.4. The van der Waals surface area contributed by atoms with Gasteiger partial charge in [-0.3, -0.25) is 10.1 Å². The second kappa shape index (κ2) is 5.24. The normalized spacial score (nSPS) is 12.1. The number of carboxylic acid groups (broad SMARTS) is 1. The largest absolute Gasteiger partial charge is 0.543 e. The van der Waals surface area contributed by atoms with Gasteiger partial charge in [0.2, 0.25) is 8.32 Å². The lowest BCUT2D eigenvalue weighted by Gasteiger charge is -2.36. The number of hydrogen-bond acceptors (Lipinski definition) is 4. The molecule has 0 aliphatic carbocycles. The summed E-state index contributed by atoms with van der Waals surface area (Å²) in [5.74, 6) is -0.975. The van der Waals surface area contributed by atoms with E-state index >= 15 is 0 Å². The molecule has 1 aromatic carbocycles. The van der Waals surface area contributed by atoms with Gasteiger partial charge in [0, 0.05) is 12.1 Å². The maximum Gasteiger partial charge on any atom is 0.342 e. The van der Waals surface area contributed by atoms with Crippen LogP contribution in [0, 0.1) is 10.1 Å². The Morgan fingerprint density at radius 1 is 1.35 bits per heavy atom. The zero-order chi connectivity index (χ0) is 15.7. The van der Waals surface area contributed by atoms with Gasteiger partial charge in [-0.2, -0.15) is 0 Å². The average Bonchev–Trinajstić information content (AvgIpc) is 2.26. The van der Waals surface area contributed by atoms with Crippen molar-refractivity contribution in [3.8, 4) is 5.75 Å². The minimum absolute atomic E-state index is 0.0435. The van der Waals surface area contributed by atoms with Gasteiger partial charge in [-0.05, 0) is 24.2 Å². The van der Waals surface area contributed by atoms with Crippen molar-refractivity contribution >= 4 is 20.0 Å². The Morgan fingerprint density at radius 3 is 2.30 bits per heavy atom. The average molecular weight is 297 g/mol. The van der Waals surface area contributed by atoms with E-state index in [9.17, 15) is 14.9 Å². The second-order valence-corrected chi connectivity index (χ2v) is 10.8. The molecule has 20 heavy (non-hydrogen) atoms. The van der Waals surface area contributed by atoms with Crippen molar-refractivity contribution in [2.75, 3.05) is 0 Å². The predicted octanol–water partition coefficient (Wildman–Crippen LogP) is 3.68. The molecule has 1 aromatic rings. The van der Waals surface area contributed by atoms with E-state index in [1.807, 2.05) is 13.1 Å². The summed E-state index contributed by atoms with van der Waals surface area (Å²) in [4.78, 5) is 21.2. The summed E-state index contributed by atoms with van der Waals surface area (Å²) in [6, 6.07) is 3.85. The first kappa shape index (κ1) is 16.2.